The molecule has 1 aliphatic rings. The van der Waals surface area contributed by atoms with Gasteiger partial charge in [-0.15, -0.1) is 5.10 Å². The lowest BCUT2D eigenvalue weighted by molar-refractivity contribution is 0.111. The van der Waals surface area contributed by atoms with Gasteiger partial charge in [0.25, 0.3) is 0 Å². The van der Waals surface area contributed by atoms with E-state index in [0.29, 0.717) is 11.6 Å². The van der Waals surface area contributed by atoms with Gasteiger partial charge in [-0.25, -0.2) is 0 Å². The van der Waals surface area contributed by atoms with Gasteiger partial charge in [0.15, 0.2) is 6.29 Å². The molecule has 1 aliphatic heterocycles. The van der Waals surface area contributed by atoms with E-state index in [4.69, 9.17) is 0 Å². The fraction of sp³-hybridized carbons (Fsp3) is 0.750. The highest BCUT2D eigenvalue weighted by Crippen LogP contribution is 2.18. The standard InChI is InChI=1S/C12H20N4O/c1-10(2)5-15-4-3-11(6-15)7-16-8-12(9-17)13-14-16/h8-11H,3-7H2,1-2H3/t11-/m1/s1. The van der Waals surface area contributed by atoms with E-state index in [1.165, 1.54) is 19.5 Å². The maximum Gasteiger partial charge on any atom is 0.171 e. The molecule has 0 spiro atoms. The number of hydrogen-bond acceptors (Lipinski definition) is 4. The van der Waals surface area contributed by atoms with Crippen LogP contribution in [0.15, 0.2) is 6.20 Å². The number of nitrogens with zero attached hydrogens (tertiary/aromatic N) is 4. The van der Waals surface area contributed by atoms with Gasteiger partial charge in [-0.2, -0.15) is 0 Å². The molecular formula is C12H20N4O. The maximum absolute atomic E-state index is 10.5. The van der Waals surface area contributed by atoms with Gasteiger partial charge in [0.05, 0.1) is 6.20 Å². The van der Waals surface area contributed by atoms with Crippen molar-refractivity contribution in [1.82, 2.24) is 19.9 Å². The highest BCUT2D eigenvalue weighted by Gasteiger charge is 2.23. The third-order valence-electron chi connectivity index (χ3n) is 3.12. The van der Waals surface area contributed by atoms with Crippen LogP contribution in [0.4, 0.5) is 0 Å². The first-order valence-electron chi connectivity index (χ1n) is 6.25. The van der Waals surface area contributed by atoms with Crippen molar-refractivity contribution >= 4 is 6.29 Å². The van der Waals surface area contributed by atoms with Crippen molar-refractivity contribution in [3.8, 4) is 0 Å². The van der Waals surface area contributed by atoms with Crippen molar-refractivity contribution in [2.24, 2.45) is 11.8 Å². The fourth-order valence-corrected chi connectivity index (χ4v) is 2.47. The molecule has 0 N–H and O–H groups in total. The molecular weight excluding hydrogens is 216 g/mol. The summed E-state index contributed by atoms with van der Waals surface area (Å²) >= 11 is 0. The Labute approximate surface area is 102 Å². The quantitative estimate of drug-likeness (QED) is 0.718. The molecule has 1 atom stereocenters. The van der Waals surface area contributed by atoms with Crippen LogP contribution in [0.2, 0.25) is 0 Å². The van der Waals surface area contributed by atoms with Gasteiger partial charge in [-0.3, -0.25) is 9.48 Å². The molecule has 17 heavy (non-hydrogen) atoms. The Morgan fingerprint density at radius 2 is 2.41 bits per heavy atom. The number of aromatic nitrogens is 3. The molecule has 1 aromatic heterocycles. The first-order chi connectivity index (χ1) is 8.17. The Hall–Kier alpha value is -1.23. The van der Waals surface area contributed by atoms with E-state index in [-0.39, 0.29) is 0 Å². The summed E-state index contributed by atoms with van der Waals surface area (Å²) in [5.74, 6) is 1.36. The van der Waals surface area contributed by atoms with Gasteiger partial charge in [-0.05, 0) is 24.8 Å². The lowest BCUT2D eigenvalue weighted by Crippen LogP contribution is -2.26. The normalized spacial score (nSPS) is 21.2. The van der Waals surface area contributed by atoms with Gasteiger partial charge >= 0.3 is 0 Å². The average Bonchev–Trinajstić information content (AvgIpc) is 2.88. The maximum atomic E-state index is 10.5. The highest BCUT2D eigenvalue weighted by atomic mass is 16.1. The molecule has 0 saturated carbocycles. The van der Waals surface area contributed by atoms with Gasteiger partial charge in [0.1, 0.15) is 5.69 Å². The van der Waals surface area contributed by atoms with E-state index in [1.807, 2.05) is 0 Å². The Morgan fingerprint density at radius 3 is 3.06 bits per heavy atom. The van der Waals surface area contributed by atoms with Crippen LogP contribution in [-0.4, -0.2) is 45.8 Å². The molecule has 1 saturated heterocycles. The molecule has 1 aromatic rings. The molecule has 5 nitrogen and oxygen atoms in total. The van der Waals surface area contributed by atoms with Crippen LogP contribution >= 0.6 is 0 Å². The van der Waals surface area contributed by atoms with Crippen LogP contribution in [0.1, 0.15) is 30.8 Å². The molecule has 0 aromatic carbocycles. The van der Waals surface area contributed by atoms with Crippen LogP contribution in [0.5, 0.6) is 0 Å². The summed E-state index contributed by atoms with van der Waals surface area (Å²) in [5.41, 5.74) is 0.419. The van der Waals surface area contributed by atoms with Crippen molar-refractivity contribution < 1.29 is 4.79 Å². The number of carbonyl (C=O) groups excluding carboxylic acids is 1. The zero-order valence-corrected chi connectivity index (χ0v) is 10.5. The van der Waals surface area contributed by atoms with E-state index in [1.54, 1.807) is 10.9 Å². The van der Waals surface area contributed by atoms with E-state index in [0.717, 1.165) is 25.3 Å². The topological polar surface area (TPSA) is 51.0 Å². The molecule has 0 radical (unpaired) electrons. The van der Waals surface area contributed by atoms with Gasteiger partial charge < -0.3 is 4.90 Å². The molecule has 0 unspecified atom stereocenters. The number of hydrogen-bond donors (Lipinski definition) is 0. The molecule has 5 heteroatoms. The molecule has 1 fully saturated rings. The lowest BCUT2D eigenvalue weighted by atomic mass is 10.1. The summed E-state index contributed by atoms with van der Waals surface area (Å²) in [6, 6.07) is 0. The number of likely N-dealkylation sites (tertiary alicyclic amines) is 1. The van der Waals surface area contributed by atoms with Crippen LogP contribution in [0.25, 0.3) is 0 Å². The zero-order chi connectivity index (χ0) is 12.3. The summed E-state index contributed by atoms with van der Waals surface area (Å²) in [6.07, 6.45) is 3.67. The van der Waals surface area contributed by atoms with E-state index < -0.39 is 0 Å². The van der Waals surface area contributed by atoms with E-state index in [2.05, 4.69) is 29.1 Å². The van der Waals surface area contributed by atoms with Crippen molar-refractivity contribution in [2.45, 2.75) is 26.8 Å². The van der Waals surface area contributed by atoms with Crippen LogP contribution in [-0.2, 0) is 6.54 Å². The predicted molar refractivity (Wildman–Crippen MR) is 64.8 cm³/mol. The molecule has 0 aliphatic carbocycles. The Morgan fingerprint density at radius 1 is 1.59 bits per heavy atom. The van der Waals surface area contributed by atoms with Gasteiger partial charge in [0.2, 0.25) is 0 Å². The average molecular weight is 236 g/mol. The molecule has 2 rings (SSSR count). The van der Waals surface area contributed by atoms with Crippen LogP contribution in [0.3, 0.4) is 0 Å². The minimum atomic E-state index is 0.419. The van der Waals surface area contributed by atoms with E-state index in [9.17, 15) is 4.79 Å². The predicted octanol–water partition coefficient (Wildman–Crippen LogP) is 1.07. The first kappa shape index (κ1) is 12.2. The summed E-state index contributed by atoms with van der Waals surface area (Å²) in [5, 5.41) is 7.73. The Kier molecular flexibility index (Phi) is 3.89. The largest absolute Gasteiger partial charge is 0.303 e. The minimum Gasteiger partial charge on any atom is -0.303 e. The molecule has 0 amide bonds. The second kappa shape index (κ2) is 5.40. The summed E-state index contributed by atoms with van der Waals surface area (Å²) in [7, 11) is 0. The van der Waals surface area contributed by atoms with Gasteiger partial charge in [0, 0.05) is 19.6 Å². The van der Waals surface area contributed by atoms with Gasteiger partial charge in [-0.1, -0.05) is 19.1 Å². The van der Waals surface area contributed by atoms with Crippen LogP contribution < -0.4 is 0 Å². The second-order valence-electron chi connectivity index (χ2n) is 5.29. The second-order valence-corrected chi connectivity index (χ2v) is 5.29. The molecule has 94 valence electrons. The fourth-order valence-electron chi connectivity index (χ4n) is 2.47. The number of carbonyl (C=O) groups is 1. The smallest absolute Gasteiger partial charge is 0.171 e. The zero-order valence-electron chi connectivity index (χ0n) is 10.5. The van der Waals surface area contributed by atoms with Crippen molar-refractivity contribution in [1.29, 1.82) is 0 Å². The first-order valence-corrected chi connectivity index (χ1v) is 6.25. The Bertz CT molecular complexity index is 374. The van der Waals surface area contributed by atoms with Crippen molar-refractivity contribution in [2.75, 3.05) is 19.6 Å². The number of aldehydes is 1. The Balaban J connectivity index is 1.83. The summed E-state index contributed by atoms with van der Waals surface area (Å²) < 4.78 is 1.78. The lowest BCUT2D eigenvalue weighted by Gasteiger charge is -2.18. The minimum absolute atomic E-state index is 0.419. The highest BCUT2D eigenvalue weighted by molar-refractivity contribution is 5.70. The summed E-state index contributed by atoms with van der Waals surface area (Å²) in [4.78, 5) is 13.0. The van der Waals surface area contributed by atoms with Crippen molar-refractivity contribution in [3.63, 3.8) is 0 Å². The van der Waals surface area contributed by atoms with E-state index >= 15 is 0 Å². The third kappa shape index (κ3) is 3.36. The molecule has 0 bridgehead atoms. The monoisotopic (exact) mass is 236 g/mol. The van der Waals surface area contributed by atoms with Crippen LogP contribution in [0, 0.1) is 11.8 Å². The SMILES string of the molecule is CC(C)CN1CC[C@@H](Cn2cc(C=O)nn2)C1. The molecule has 2 heterocycles. The van der Waals surface area contributed by atoms with Crippen molar-refractivity contribution in [3.05, 3.63) is 11.9 Å². The summed E-state index contributed by atoms with van der Waals surface area (Å²) in [6.45, 7) is 8.86. The third-order valence-corrected chi connectivity index (χ3v) is 3.12. The number of rotatable bonds is 5.